The Hall–Kier alpha value is -3.05. The summed E-state index contributed by atoms with van der Waals surface area (Å²) in [4.78, 5) is 28.8. The number of nitrogens with one attached hydrogen (secondary N) is 2. The Kier molecular flexibility index (Phi) is 6.16. The van der Waals surface area contributed by atoms with Gasteiger partial charge >= 0.3 is 0 Å². The van der Waals surface area contributed by atoms with Crippen LogP contribution in [0.2, 0.25) is 0 Å². The molecule has 0 atom stereocenters. The molecule has 2 N–H and O–H groups in total. The lowest BCUT2D eigenvalue weighted by Crippen LogP contribution is -2.15. The third-order valence-electron chi connectivity index (χ3n) is 3.53. The average Bonchev–Trinajstić information content (AvgIpc) is 3.29. The molecule has 1 aromatic carbocycles. The third-order valence-corrected chi connectivity index (χ3v) is 5.09. The van der Waals surface area contributed by atoms with Crippen molar-refractivity contribution in [2.45, 2.75) is 13.3 Å². The third kappa shape index (κ3) is 4.81. The minimum atomic E-state index is -0.337. The summed E-state index contributed by atoms with van der Waals surface area (Å²) in [6, 6.07) is 4.86. The normalized spacial score (nSPS) is 10.4. The van der Waals surface area contributed by atoms with E-state index < -0.39 is 0 Å². The number of aryl methyl sites for hydroxylation is 1. The van der Waals surface area contributed by atoms with Crippen molar-refractivity contribution >= 4 is 44.8 Å². The van der Waals surface area contributed by atoms with Gasteiger partial charge in [0.25, 0.3) is 5.91 Å². The van der Waals surface area contributed by atoms with Crippen molar-refractivity contribution in [3.8, 4) is 11.5 Å². The molecule has 0 aliphatic rings. The zero-order valence-electron chi connectivity index (χ0n) is 15.3. The Morgan fingerprint density at radius 2 is 1.86 bits per heavy atom. The van der Waals surface area contributed by atoms with Crippen LogP contribution in [0, 0.1) is 6.92 Å². The van der Waals surface area contributed by atoms with Crippen LogP contribution in [0.15, 0.2) is 23.6 Å². The fraction of sp³-hybridized carbons (Fsp3) is 0.235. The van der Waals surface area contributed by atoms with Gasteiger partial charge < -0.3 is 14.8 Å². The highest BCUT2D eigenvalue weighted by atomic mass is 32.1. The Morgan fingerprint density at radius 3 is 2.54 bits per heavy atom. The van der Waals surface area contributed by atoms with Gasteiger partial charge in [-0.25, -0.2) is 4.98 Å². The van der Waals surface area contributed by atoms with Gasteiger partial charge in [-0.2, -0.15) is 0 Å². The van der Waals surface area contributed by atoms with Crippen LogP contribution in [0.5, 0.6) is 11.5 Å². The molecule has 0 unspecified atom stereocenters. The molecule has 0 fully saturated rings. The van der Waals surface area contributed by atoms with Crippen molar-refractivity contribution in [1.82, 2.24) is 15.2 Å². The summed E-state index contributed by atoms with van der Waals surface area (Å²) in [5.41, 5.74) is 0.949. The number of hydrogen-bond donors (Lipinski definition) is 2. The smallest absolute Gasteiger partial charge is 0.257 e. The number of amides is 2. The van der Waals surface area contributed by atoms with Gasteiger partial charge in [-0.3, -0.25) is 14.9 Å². The van der Waals surface area contributed by atoms with E-state index in [2.05, 4.69) is 25.8 Å². The van der Waals surface area contributed by atoms with Crippen LogP contribution in [0.1, 0.15) is 21.1 Å². The summed E-state index contributed by atoms with van der Waals surface area (Å²) in [6.07, 6.45) is 0.0708. The maximum atomic E-state index is 12.4. The summed E-state index contributed by atoms with van der Waals surface area (Å²) in [5, 5.41) is 16.4. The molecule has 0 spiro atoms. The van der Waals surface area contributed by atoms with Gasteiger partial charge in [-0.15, -0.1) is 21.5 Å². The molecule has 0 saturated heterocycles. The first-order chi connectivity index (χ1) is 13.5. The van der Waals surface area contributed by atoms with Crippen molar-refractivity contribution in [3.63, 3.8) is 0 Å². The first-order valence-electron chi connectivity index (χ1n) is 8.06. The van der Waals surface area contributed by atoms with Gasteiger partial charge in [0, 0.05) is 10.9 Å². The Bertz CT molecular complexity index is 1000. The molecule has 0 radical (unpaired) electrons. The molecule has 0 saturated carbocycles. The molecular formula is C17H17N5O4S2. The summed E-state index contributed by atoms with van der Waals surface area (Å²) in [5.74, 6) is 0.403. The van der Waals surface area contributed by atoms with E-state index in [1.807, 2.05) is 0 Å². The standard InChI is InChI=1S/C17H17N5O4S2/c1-9-21-22-17(28-9)19-14(23)7-11-8-27-16(18-11)20-15(24)10-4-5-12(25-2)13(6-10)26-3/h4-6,8H,7H2,1-3H3,(H,18,20,24)(H,19,22,23). The molecule has 146 valence electrons. The number of ether oxygens (including phenoxy) is 2. The van der Waals surface area contributed by atoms with E-state index in [4.69, 9.17) is 9.47 Å². The minimum Gasteiger partial charge on any atom is -0.493 e. The predicted molar refractivity (Wildman–Crippen MR) is 107 cm³/mol. The number of anilines is 2. The fourth-order valence-electron chi connectivity index (χ4n) is 2.27. The predicted octanol–water partition coefficient (Wildman–Crippen LogP) is 2.75. The lowest BCUT2D eigenvalue weighted by Gasteiger charge is -2.09. The van der Waals surface area contributed by atoms with Gasteiger partial charge in [0.05, 0.1) is 26.3 Å². The molecule has 2 heterocycles. The molecule has 2 amide bonds. The number of aromatic nitrogens is 3. The van der Waals surface area contributed by atoms with Crippen LogP contribution in [0.3, 0.4) is 0 Å². The molecule has 0 aliphatic carbocycles. The highest BCUT2D eigenvalue weighted by molar-refractivity contribution is 7.15. The number of carbonyl (C=O) groups excluding carboxylic acids is 2. The van der Waals surface area contributed by atoms with Crippen LogP contribution in [0.25, 0.3) is 0 Å². The second-order valence-corrected chi connectivity index (χ2v) is 7.56. The maximum Gasteiger partial charge on any atom is 0.257 e. The van der Waals surface area contributed by atoms with Gasteiger partial charge in [0.1, 0.15) is 5.01 Å². The van der Waals surface area contributed by atoms with E-state index in [1.165, 1.54) is 36.9 Å². The molecule has 3 aromatic rings. The molecular weight excluding hydrogens is 402 g/mol. The number of nitrogens with zero attached hydrogens (tertiary/aromatic N) is 3. The average molecular weight is 419 g/mol. The highest BCUT2D eigenvalue weighted by Gasteiger charge is 2.14. The van der Waals surface area contributed by atoms with Crippen molar-refractivity contribution < 1.29 is 19.1 Å². The van der Waals surface area contributed by atoms with Crippen molar-refractivity contribution in [1.29, 1.82) is 0 Å². The first-order valence-corrected chi connectivity index (χ1v) is 9.76. The lowest BCUT2D eigenvalue weighted by atomic mass is 10.2. The number of hydrogen-bond acceptors (Lipinski definition) is 9. The van der Waals surface area contributed by atoms with Gasteiger partial charge in [0.15, 0.2) is 16.6 Å². The fourth-order valence-corrected chi connectivity index (χ4v) is 3.58. The van der Waals surface area contributed by atoms with Crippen molar-refractivity contribution in [3.05, 3.63) is 39.8 Å². The number of carbonyl (C=O) groups is 2. The second kappa shape index (κ2) is 8.76. The molecule has 11 heteroatoms. The topological polar surface area (TPSA) is 115 Å². The van der Waals surface area contributed by atoms with E-state index in [0.29, 0.717) is 33.0 Å². The zero-order chi connectivity index (χ0) is 20.1. The van der Waals surface area contributed by atoms with Gasteiger partial charge in [-0.1, -0.05) is 11.3 Å². The summed E-state index contributed by atoms with van der Waals surface area (Å²) in [6.45, 7) is 1.81. The Balaban J connectivity index is 1.61. The van der Waals surface area contributed by atoms with Crippen LogP contribution >= 0.6 is 22.7 Å². The highest BCUT2D eigenvalue weighted by Crippen LogP contribution is 2.28. The number of rotatable bonds is 7. The van der Waals surface area contributed by atoms with E-state index >= 15 is 0 Å². The second-order valence-electron chi connectivity index (χ2n) is 5.52. The molecule has 9 nitrogen and oxygen atoms in total. The van der Waals surface area contributed by atoms with Crippen LogP contribution in [-0.4, -0.2) is 41.2 Å². The van der Waals surface area contributed by atoms with Crippen LogP contribution in [0.4, 0.5) is 10.3 Å². The number of methoxy groups -OCH3 is 2. The molecule has 3 rings (SSSR count). The van der Waals surface area contributed by atoms with Gasteiger partial charge in [-0.05, 0) is 25.1 Å². The van der Waals surface area contributed by atoms with E-state index in [-0.39, 0.29) is 18.2 Å². The van der Waals surface area contributed by atoms with Gasteiger partial charge in [0.2, 0.25) is 11.0 Å². The van der Waals surface area contributed by atoms with Crippen LogP contribution < -0.4 is 20.1 Å². The summed E-state index contributed by atoms with van der Waals surface area (Å²) in [7, 11) is 3.03. The van der Waals surface area contributed by atoms with Crippen LogP contribution in [-0.2, 0) is 11.2 Å². The summed E-state index contributed by atoms with van der Waals surface area (Å²) < 4.78 is 10.4. The molecule has 0 aliphatic heterocycles. The van der Waals surface area contributed by atoms with Crippen molar-refractivity contribution in [2.75, 3.05) is 24.9 Å². The zero-order valence-corrected chi connectivity index (χ0v) is 16.9. The maximum absolute atomic E-state index is 12.4. The minimum absolute atomic E-state index is 0.0708. The molecule has 28 heavy (non-hydrogen) atoms. The SMILES string of the molecule is COc1ccc(C(=O)Nc2nc(CC(=O)Nc3nnc(C)s3)cs2)cc1OC. The van der Waals surface area contributed by atoms with E-state index in [1.54, 1.807) is 30.5 Å². The van der Waals surface area contributed by atoms with E-state index in [0.717, 1.165) is 5.01 Å². The largest absolute Gasteiger partial charge is 0.493 e. The molecule has 0 bridgehead atoms. The monoisotopic (exact) mass is 419 g/mol. The lowest BCUT2D eigenvalue weighted by molar-refractivity contribution is -0.115. The quantitative estimate of drug-likeness (QED) is 0.605. The van der Waals surface area contributed by atoms with E-state index in [9.17, 15) is 9.59 Å². The Labute approximate surface area is 168 Å². The molecule has 2 aromatic heterocycles. The number of benzene rings is 1. The first kappa shape index (κ1) is 19.7. The summed E-state index contributed by atoms with van der Waals surface area (Å²) >= 11 is 2.53. The van der Waals surface area contributed by atoms with Crippen molar-refractivity contribution in [2.24, 2.45) is 0 Å². The Morgan fingerprint density at radius 1 is 1.07 bits per heavy atom. The number of thiazole rings is 1.